The fraction of sp³-hybridized carbons (Fsp3) is 0.824. The van der Waals surface area contributed by atoms with Crippen molar-refractivity contribution >= 4 is 5.96 Å². The first kappa shape index (κ1) is 17.3. The van der Waals surface area contributed by atoms with Crippen LogP contribution in [0.5, 0.6) is 0 Å². The van der Waals surface area contributed by atoms with Gasteiger partial charge in [0.25, 0.3) is 0 Å². The average molecular weight is 308 g/mol. The third-order valence-electron chi connectivity index (χ3n) is 4.76. The van der Waals surface area contributed by atoms with E-state index in [1.165, 1.54) is 0 Å². The number of aliphatic hydroxyl groups excluding tert-OH is 1. The van der Waals surface area contributed by atoms with Gasteiger partial charge in [-0.05, 0) is 32.6 Å². The van der Waals surface area contributed by atoms with Gasteiger partial charge in [0, 0.05) is 44.7 Å². The molecule has 0 aromatic carbocycles. The molecule has 2 aliphatic rings. The van der Waals surface area contributed by atoms with Gasteiger partial charge in [-0.2, -0.15) is 0 Å². The number of likely N-dealkylation sites (tertiary alicyclic amines) is 1. The molecule has 2 fully saturated rings. The third-order valence-corrected chi connectivity index (χ3v) is 4.76. The predicted octanol–water partition coefficient (Wildman–Crippen LogP) is 1.35. The molecule has 0 amide bonds. The van der Waals surface area contributed by atoms with Gasteiger partial charge in [-0.1, -0.05) is 12.5 Å². The Labute approximate surface area is 134 Å². The quantitative estimate of drug-likeness (QED) is 0.394. The Morgan fingerprint density at radius 3 is 2.68 bits per heavy atom. The number of hydrogen-bond donors (Lipinski definition) is 3. The molecule has 1 saturated carbocycles. The zero-order valence-electron chi connectivity index (χ0n) is 13.9. The molecule has 2 atom stereocenters. The Kier molecular flexibility index (Phi) is 7.19. The molecule has 0 spiro atoms. The van der Waals surface area contributed by atoms with Crippen molar-refractivity contribution in [2.75, 3.05) is 32.7 Å². The highest BCUT2D eigenvalue weighted by Gasteiger charge is 2.25. The molecule has 0 bridgehead atoms. The lowest BCUT2D eigenvalue weighted by Gasteiger charge is -2.32. The lowest BCUT2D eigenvalue weighted by atomic mass is 10.1. The second-order valence-electron chi connectivity index (χ2n) is 6.49. The number of rotatable bonds is 6. The summed E-state index contributed by atoms with van der Waals surface area (Å²) in [6, 6.07) is 0.493. The first-order valence-electron chi connectivity index (χ1n) is 8.79. The minimum atomic E-state index is -0.159. The van der Waals surface area contributed by atoms with Crippen LogP contribution in [0.15, 0.2) is 17.6 Å². The first-order chi connectivity index (χ1) is 10.7. The van der Waals surface area contributed by atoms with Gasteiger partial charge in [0.2, 0.25) is 0 Å². The van der Waals surface area contributed by atoms with Gasteiger partial charge in [-0.3, -0.25) is 9.89 Å². The van der Waals surface area contributed by atoms with Crippen molar-refractivity contribution in [2.45, 2.75) is 51.2 Å². The number of nitrogens with zero attached hydrogens (tertiary/aromatic N) is 2. The van der Waals surface area contributed by atoms with E-state index in [-0.39, 0.29) is 6.10 Å². The number of hydrogen-bond acceptors (Lipinski definition) is 3. The van der Waals surface area contributed by atoms with Gasteiger partial charge < -0.3 is 15.7 Å². The van der Waals surface area contributed by atoms with E-state index in [1.54, 1.807) is 0 Å². The standard InChI is InChI=1S/C17H32N4O/c1-3-10-21-11-8-15(9-12-21)20-17(18-4-2)19-13-14-6-5-7-16(14)22/h3,14-16,22H,1,4-13H2,2H3,(H2,18,19,20). The maximum absolute atomic E-state index is 9.91. The number of guanidine groups is 1. The third kappa shape index (κ3) is 5.29. The summed E-state index contributed by atoms with van der Waals surface area (Å²) in [5.74, 6) is 1.24. The van der Waals surface area contributed by atoms with Crippen LogP contribution in [0.25, 0.3) is 0 Å². The fourth-order valence-electron chi connectivity index (χ4n) is 3.39. The smallest absolute Gasteiger partial charge is 0.191 e. The van der Waals surface area contributed by atoms with Gasteiger partial charge in [0.05, 0.1) is 6.10 Å². The Hall–Kier alpha value is -1.07. The second kappa shape index (κ2) is 9.16. The molecule has 1 aliphatic carbocycles. The van der Waals surface area contributed by atoms with E-state index >= 15 is 0 Å². The topological polar surface area (TPSA) is 59.9 Å². The van der Waals surface area contributed by atoms with E-state index in [0.29, 0.717) is 12.0 Å². The minimum absolute atomic E-state index is 0.159. The molecule has 3 N–H and O–H groups in total. The average Bonchev–Trinajstić information content (AvgIpc) is 2.92. The molecular weight excluding hydrogens is 276 g/mol. The van der Waals surface area contributed by atoms with E-state index in [0.717, 1.165) is 70.8 Å². The maximum atomic E-state index is 9.91. The molecule has 0 aromatic rings. The second-order valence-corrected chi connectivity index (χ2v) is 6.49. The first-order valence-corrected chi connectivity index (χ1v) is 8.79. The van der Waals surface area contributed by atoms with Gasteiger partial charge in [-0.25, -0.2) is 0 Å². The highest BCUT2D eigenvalue weighted by molar-refractivity contribution is 5.80. The minimum Gasteiger partial charge on any atom is -0.393 e. The summed E-state index contributed by atoms with van der Waals surface area (Å²) in [6.07, 6.45) is 7.28. The van der Waals surface area contributed by atoms with Crippen molar-refractivity contribution in [2.24, 2.45) is 10.9 Å². The molecule has 0 radical (unpaired) electrons. The van der Waals surface area contributed by atoms with Crippen LogP contribution < -0.4 is 10.6 Å². The van der Waals surface area contributed by atoms with Gasteiger partial charge in [0.15, 0.2) is 5.96 Å². The van der Waals surface area contributed by atoms with Crippen molar-refractivity contribution in [3.05, 3.63) is 12.7 Å². The SMILES string of the molecule is C=CCN1CCC(NC(=NCC2CCCC2O)NCC)CC1. The number of nitrogens with one attached hydrogen (secondary N) is 2. The molecular formula is C17H32N4O. The van der Waals surface area contributed by atoms with Crippen LogP contribution >= 0.6 is 0 Å². The lowest BCUT2D eigenvalue weighted by Crippen LogP contribution is -2.48. The number of aliphatic imine (C=N–C) groups is 1. The fourth-order valence-corrected chi connectivity index (χ4v) is 3.39. The summed E-state index contributed by atoms with van der Waals surface area (Å²) in [6.45, 7) is 10.7. The molecule has 5 heteroatoms. The van der Waals surface area contributed by atoms with Crippen LogP contribution in [0.1, 0.15) is 39.0 Å². The van der Waals surface area contributed by atoms with Crippen LogP contribution in [-0.2, 0) is 0 Å². The molecule has 1 heterocycles. The summed E-state index contributed by atoms with van der Waals surface area (Å²) in [5, 5.41) is 16.8. The van der Waals surface area contributed by atoms with Crippen molar-refractivity contribution in [1.82, 2.24) is 15.5 Å². The van der Waals surface area contributed by atoms with Crippen LogP contribution in [-0.4, -0.2) is 60.8 Å². The van der Waals surface area contributed by atoms with Crippen molar-refractivity contribution < 1.29 is 5.11 Å². The van der Waals surface area contributed by atoms with Crippen molar-refractivity contribution in [3.8, 4) is 0 Å². The van der Waals surface area contributed by atoms with Crippen LogP contribution in [0.3, 0.4) is 0 Å². The van der Waals surface area contributed by atoms with Gasteiger partial charge >= 0.3 is 0 Å². The zero-order valence-corrected chi connectivity index (χ0v) is 13.9. The zero-order chi connectivity index (χ0) is 15.8. The highest BCUT2D eigenvalue weighted by Crippen LogP contribution is 2.25. The van der Waals surface area contributed by atoms with Crippen LogP contribution in [0.2, 0.25) is 0 Å². The van der Waals surface area contributed by atoms with Crippen molar-refractivity contribution in [1.29, 1.82) is 0 Å². The largest absolute Gasteiger partial charge is 0.393 e. The summed E-state index contributed by atoms with van der Waals surface area (Å²) >= 11 is 0. The molecule has 1 saturated heterocycles. The monoisotopic (exact) mass is 308 g/mol. The maximum Gasteiger partial charge on any atom is 0.191 e. The van der Waals surface area contributed by atoms with E-state index in [9.17, 15) is 5.11 Å². The van der Waals surface area contributed by atoms with Gasteiger partial charge in [-0.15, -0.1) is 6.58 Å². The van der Waals surface area contributed by atoms with E-state index in [2.05, 4.69) is 29.0 Å². The summed E-state index contributed by atoms with van der Waals surface area (Å²) in [4.78, 5) is 7.13. The van der Waals surface area contributed by atoms with E-state index < -0.39 is 0 Å². The molecule has 2 rings (SSSR count). The Morgan fingerprint density at radius 1 is 1.32 bits per heavy atom. The van der Waals surface area contributed by atoms with Crippen LogP contribution in [0, 0.1) is 5.92 Å². The molecule has 0 aromatic heterocycles. The molecule has 1 aliphatic heterocycles. The summed E-state index contributed by atoms with van der Waals surface area (Å²) in [5.41, 5.74) is 0. The number of piperidine rings is 1. The Balaban J connectivity index is 1.79. The molecule has 126 valence electrons. The highest BCUT2D eigenvalue weighted by atomic mass is 16.3. The normalized spacial score (nSPS) is 27.8. The Bertz CT molecular complexity index is 364. The number of aliphatic hydroxyl groups is 1. The van der Waals surface area contributed by atoms with Gasteiger partial charge in [0.1, 0.15) is 0 Å². The Morgan fingerprint density at radius 2 is 2.09 bits per heavy atom. The predicted molar refractivity (Wildman–Crippen MR) is 92.1 cm³/mol. The summed E-state index contributed by atoms with van der Waals surface area (Å²) < 4.78 is 0. The molecule has 2 unspecified atom stereocenters. The van der Waals surface area contributed by atoms with E-state index in [1.807, 2.05) is 6.08 Å². The van der Waals surface area contributed by atoms with Crippen LogP contribution in [0.4, 0.5) is 0 Å². The van der Waals surface area contributed by atoms with Crippen molar-refractivity contribution in [3.63, 3.8) is 0 Å². The summed E-state index contributed by atoms with van der Waals surface area (Å²) in [7, 11) is 0. The van der Waals surface area contributed by atoms with E-state index in [4.69, 9.17) is 4.99 Å². The lowest BCUT2D eigenvalue weighted by molar-refractivity contribution is 0.136. The molecule has 22 heavy (non-hydrogen) atoms. The molecule has 5 nitrogen and oxygen atoms in total.